The summed E-state index contributed by atoms with van der Waals surface area (Å²) in [6, 6.07) is 5.92. The number of hydrogen-bond donors (Lipinski definition) is 1. The summed E-state index contributed by atoms with van der Waals surface area (Å²) in [5.74, 6) is -2.31. The molecule has 4 rings (SSSR count). The fourth-order valence-electron chi connectivity index (χ4n) is 5.20. The zero-order chi connectivity index (χ0) is 23.2. The van der Waals surface area contributed by atoms with Crippen LogP contribution in [0.2, 0.25) is 0 Å². The fourth-order valence-corrected chi connectivity index (χ4v) is 5.20. The number of rotatable bonds is 5. The molecule has 1 aromatic carbocycles. The average Bonchev–Trinajstić information content (AvgIpc) is 2.96. The first-order valence-electron chi connectivity index (χ1n) is 10.7. The van der Waals surface area contributed by atoms with Gasteiger partial charge >= 0.3 is 0 Å². The fraction of sp³-hybridized carbons (Fsp3) is 0.417. The van der Waals surface area contributed by atoms with Gasteiger partial charge in [0.25, 0.3) is 5.56 Å². The summed E-state index contributed by atoms with van der Waals surface area (Å²) >= 11 is 0. The first kappa shape index (κ1) is 22.4. The van der Waals surface area contributed by atoms with Crippen LogP contribution in [0, 0.1) is 23.5 Å². The number of pyridine rings is 1. The molecule has 1 amide bonds. The van der Waals surface area contributed by atoms with Crippen molar-refractivity contribution in [1.29, 1.82) is 0 Å². The zero-order valence-corrected chi connectivity index (χ0v) is 18.3. The van der Waals surface area contributed by atoms with Crippen molar-refractivity contribution in [3.63, 3.8) is 0 Å². The molecule has 3 heterocycles. The van der Waals surface area contributed by atoms with Gasteiger partial charge in [0.1, 0.15) is 11.6 Å². The molecular weight excluding hydrogens is 416 g/mol. The van der Waals surface area contributed by atoms with Gasteiger partial charge in [0.2, 0.25) is 5.91 Å². The summed E-state index contributed by atoms with van der Waals surface area (Å²) in [5.41, 5.74) is 1.20. The largest absolute Gasteiger partial charge is 0.396 e. The van der Waals surface area contributed by atoms with Crippen LogP contribution in [0.25, 0.3) is 6.08 Å². The highest BCUT2D eigenvalue weighted by molar-refractivity contribution is 5.80. The van der Waals surface area contributed by atoms with E-state index in [0.29, 0.717) is 11.3 Å². The molecule has 1 aromatic heterocycles. The normalized spacial score (nSPS) is 24.7. The summed E-state index contributed by atoms with van der Waals surface area (Å²) in [6.45, 7) is 1.90. The van der Waals surface area contributed by atoms with Gasteiger partial charge in [-0.25, -0.2) is 8.78 Å². The molecule has 2 bridgehead atoms. The van der Waals surface area contributed by atoms with Crippen LogP contribution in [0.5, 0.6) is 0 Å². The summed E-state index contributed by atoms with van der Waals surface area (Å²) in [6.07, 6.45) is 3.52. The SMILES string of the molecule is C/C=C\c1ccc2n(c1=O)C[C@H]1[C@H](CO)[C@@H](C(=O)N(C)C)[C@@H]2N1Cc1cc(F)ccc1F. The number of aliphatic hydroxyl groups excluding tert-OH is 1. The Bertz CT molecular complexity index is 1130. The summed E-state index contributed by atoms with van der Waals surface area (Å²) in [7, 11) is 3.30. The second-order valence-electron chi connectivity index (χ2n) is 8.65. The number of halogens is 2. The predicted octanol–water partition coefficient (Wildman–Crippen LogP) is 2.41. The average molecular weight is 443 g/mol. The molecule has 0 aliphatic carbocycles. The Morgan fingerprint density at radius 3 is 2.66 bits per heavy atom. The van der Waals surface area contributed by atoms with Crippen molar-refractivity contribution in [1.82, 2.24) is 14.4 Å². The van der Waals surface area contributed by atoms with E-state index in [2.05, 4.69) is 0 Å². The van der Waals surface area contributed by atoms with Crippen LogP contribution in [-0.4, -0.2) is 52.1 Å². The molecule has 170 valence electrons. The molecule has 4 atom stereocenters. The van der Waals surface area contributed by atoms with E-state index in [-0.39, 0.29) is 42.8 Å². The smallest absolute Gasteiger partial charge is 0.258 e. The second kappa shape index (κ2) is 8.60. The third-order valence-electron chi connectivity index (χ3n) is 6.63. The number of aromatic nitrogens is 1. The van der Waals surface area contributed by atoms with Crippen molar-refractivity contribution >= 4 is 12.0 Å². The highest BCUT2D eigenvalue weighted by Gasteiger charge is 2.56. The molecule has 0 spiro atoms. The molecule has 2 aliphatic rings. The molecule has 8 heteroatoms. The summed E-state index contributed by atoms with van der Waals surface area (Å²) < 4.78 is 30.0. The lowest BCUT2D eigenvalue weighted by Gasteiger charge is -2.38. The lowest BCUT2D eigenvalue weighted by Crippen LogP contribution is -2.46. The maximum Gasteiger partial charge on any atom is 0.258 e. The number of carbonyl (C=O) groups is 1. The Balaban J connectivity index is 1.87. The molecule has 1 N–H and O–H groups in total. The Hall–Kier alpha value is -2.84. The Kier molecular flexibility index (Phi) is 6.01. The van der Waals surface area contributed by atoms with Gasteiger partial charge in [-0.05, 0) is 37.3 Å². The van der Waals surface area contributed by atoms with Crippen molar-refractivity contribution in [3.05, 3.63) is 75.2 Å². The first-order valence-corrected chi connectivity index (χ1v) is 10.7. The molecular formula is C24H27F2N3O3. The van der Waals surface area contributed by atoms with E-state index in [1.165, 1.54) is 4.90 Å². The van der Waals surface area contributed by atoms with Gasteiger partial charge in [0.05, 0.1) is 12.0 Å². The Morgan fingerprint density at radius 2 is 2.00 bits per heavy atom. The van der Waals surface area contributed by atoms with Crippen LogP contribution in [0.15, 0.2) is 41.2 Å². The van der Waals surface area contributed by atoms with Crippen molar-refractivity contribution in [2.75, 3.05) is 20.7 Å². The van der Waals surface area contributed by atoms with E-state index in [9.17, 15) is 23.5 Å². The maximum atomic E-state index is 14.5. The number of amides is 1. The van der Waals surface area contributed by atoms with E-state index < -0.39 is 29.5 Å². The van der Waals surface area contributed by atoms with Crippen LogP contribution >= 0.6 is 0 Å². The van der Waals surface area contributed by atoms with Crippen LogP contribution in [0.1, 0.15) is 29.8 Å². The number of allylic oxidation sites excluding steroid dienone is 1. The highest BCUT2D eigenvalue weighted by Crippen LogP contribution is 2.49. The standard InChI is InChI=1S/C24H27F2N3O3/c1-4-5-14-6-9-19-22-21(24(32)27(2)3)17(13-30)20(12-29(19)23(14)31)28(22)11-15-10-16(25)7-8-18(15)26/h4-10,17,20-22,30H,11-13H2,1-3H3/b5-4-/t17-,20-,21+,22+/m0/s1. The Labute approximate surface area is 185 Å². The number of fused-ring (bicyclic) bond motifs is 4. The molecule has 1 saturated heterocycles. The van der Waals surface area contributed by atoms with Gasteiger partial charge in [0.15, 0.2) is 0 Å². The first-order chi connectivity index (χ1) is 15.3. The minimum atomic E-state index is -0.614. The molecule has 32 heavy (non-hydrogen) atoms. The van der Waals surface area contributed by atoms with E-state index in [4.69, 9.17) is 0 Å². The minimum absolute atomic E-state index is 0.0669. The van der Waals surface area contributed by atoms with Gasteiger partial charge in [-0.3, -0.25) is 14.5 Å². The van der Waals surface area contributed by atoms with E-state index >= 15 is 0 Å². The molecule has 6 nitrogen and oxygen atoms in total. The van der Waals surface area contributed by atoms with Gasteiger partial charge in [0, 0.05) is 62.6 Å². The van der Waals surface area contributed by atoms with Gasteiger partial charge in [-0.2, -0.15) is 0 Å². The third kappa shape index (κ3) is 3.57. The number of hydrogen-bond acceptors (Lipinski definition) is 4. The van der Waals surface area contributed by atoms with Crippen molar-refractivity contribution < 1.29 is 18.7 Å². The molecule has 0 unspecified atom stereocenters. The van der Waals surface area contributed by atoms with Crippen molar-refractivity contribution in [3.8, 4) is 0 Å². The lowest BCUT2D eigenvalue weighted by molar-refractivity contribution is -0.135. The van der Waals surface area contributed by atoms with Crippen molar-refractivity contribution in [2.45, 2.75) is 32.1 Å². The number of benzene rings is 1. The minimum Gasteiger partial charge on any atom is -0.396 e. The summed E-state index contributed by atoms with van der Waals surface area (Å²) in [5, 5.41) is 10.3. The van der Waals surface area contributed by atoms with Crippen LogP contribution in [0.3, 0.4) is 0 Å². The zero-order valence-electron chi connectivity index (χ0n) is 18.3. The maximum absolute atomic E-state index is 14.5. The number of nitrogens with zero attached hydrogens (tertiary/aromatic N) is 3. The molecule has 1 fully saturated rings. The van der Waals surface area contributed by atoms with E-state index in [0.717, 1.165) is 18.2 Å². The molecule has 0 radical (unpaired) electrons. The lowest BCUT2D eigenvalue weighted by atomic mass is 9.86. The third-order valence-corrected chi connectivity index (χ3v) is 6.63. The van der Waals surface area contributed by atoms with Gasteiger partial charge < -0.3 is 14.6 Å². The van der Waals surface area contributed by atoms with Gasteiger partial charge in [-0.15, -0.1) is 0 Å². The molecule has 0 saturated carbocycles. The van der Waals surface area contributed by atoms with Gasteiger partial charge in [-0.1, -0.05) is 12.2 Å². The quantitative estimate of drug-likeness (QED) is 0.771. The topological polar surface area (TPSA) is 65.8 Å². The van der Waals surface area contributed by atoms with Crippen LogP contribution in [0.4, 0.5) is 8.78 Å². The monoisotopic (exact) mass is 443 g/mol. The second-order valence-corrected chi connectivity index (χ2v) is 8.65. The van der Waals surface area contributed by atoms with Crippen LogP contribution in [-0.2, 0) is 17.9 Å². The molecule has 2 aromatic rings. The highest BCUT2D eigenvalue weighted by atomic mass is 19.1. The van der Waals surface area contributed by atoms with E-state index in [1.54, 1.807) is 36.9 Å². The Morgan fingerprint density at radius 1 is 1.25 bits per heavy atom. The molecule has 2 aliphatic heterocycles. The van der Waals surface area contributed by atoms with Crippen molar-refractivity contribution in [2.24, 2.45) is 11.8 Å². The van der Waals surface area contributed by atoms with Crippen LogP contribution < -0.4 is 5.56 Å². The summed E-state index contributed by atoms with van der Waals surface area (Å²) in [4.78, 5) is 29.7. The predicted molar refractivity (Wildman–Crippen MR) is 117 cm³/mol. The number of aliphatic hydroxyl groups is 1. The van der Waals surface area contributed by atoms with E-state index in [1.807, 2.05) is 17.9 Å². The number of carbonyl (C=O) groups excluding carboxylic acids is 1.